The Morgan fingerprint density at radius 1 is 1.57 bits per heavy atom. The summed E-state index contributed by atoms with van der Waals surface area (Å²) in [6, 6.07) is 0.607. The lowest BCUT2D eigenvalue weighted by Crippen LogP contribution is -2.49. The standard InChI is InChI=1S/C14H21FN2O6/c1-9-14(7-15,8-18)5-10(6-22-13(21-2)23-9)17-4-3-11(19)16-12(17)20/h3-4,9-10,13,18H,5-8H2,1-2H3,(H,16,19,20)/t9?,10-,13?,14+/m1/s1. The van der Waals surface area contributed by atoms with E-state index in [9.17, 15) is 19.1 Å². The van der Waals surface area contributed by atoms with E-state index in [1.54, 1.807) is 6.92 Å². The lowest BCUT2D eigenvalue weighted by atomic mass is 9.78. The van der Waals surface area contributed by atoms with Crippen molar-refractivity contribution in [3.8, 4) is 0 Å². The predicted molar refractivity (Wildman–Crippen MR) is 77.8 cm³/mol. The molecular weight excluding hydrogens is 311 g/mol. The zero-order valence-corrected chi connectivity index (χ0v) is 13.0. The van der Waals surface area contributed by atoms with Crippen molar-refractivity contribution in [1.29, 1.82) is 0 Å². The molecule has 2 N–H and O–H groups in total. The number of nitrogens with zero attached hydrogens (tertiary/aromatic N) is 1. The fourth-order valence-electron chi connectivity index (χ4n) is 2.65. The lowest BCUT2D eigenvalue weighted by Gasteiger charge is -2.41. The third-order valence-corrected chi connectivity index (χ3v) is 4.26. The molecule has 0 bridgehead atoms. The summed E-state index contributed by atoms with van der Waals surface area (Å²) in [6.07, 6.45) is 0.720. The molecule has 0 aliphatic carbocycles. The van der Waals surface area contributed by atoms with Gasteiger partial charge in [0.2, 0.25) is 0 Å². The van der Waals surface area contributed by atoms with E-state index in [4.69, 9.17) is 14.2 Å². The zero-order chi connectivity index (χ0) is 17.0. The molecule has 8 nitrogen and oxygen atoms in total. The van der Waals surface area contributed by atoms with Crippen LogP contribution in [-0.2, 0) is 14.2 Å². The van der Waals surface area contributed by atoms with E-state index in [0.717, 1.165) is 0 Å². The first-order chi connectivity index (χ1) is 11.0. The maximum absolute atomic E-state index is 13.7. The Morgan fingerprint density at radius 2 is 2.30 bits per heavy atom. The van der Waals surface area contributed by atoms with E-state index in [0.29, 0.717) is 0 Å². The molecule has 130 valence electrons. The SMILES string of the molecule is COC1OC[C@H](n2ccc(=O)[nH]c2=O)C[C@@](CO)(CF)C(C)O1. The highest BCUT2D eigenvalue weighted by atomic mass is 19.1. The van der Waals surface area contributed by atoms with Crippen LogP contribution in [0.1, 0.15) is 19.4 Å². The molecule has 1 aliphatic rings. The molecule has 1 aliphatic heterocycles. The van der Waals surface area contributed by atoms with E-state index >= 15 is 0 Å². The van der Waals surface area contributed by atoms with Gasteiger partial charge in [-0.3, -0.25) is 18.7 Å². The van der Waals surface area contributed by atoms with Crippen LogP contribution in [0.4, 0.5) is 4.39 Å². The van der Waals surface area contributed by atoms with Crippen molar-refractivity contribution in [2.24, 2.45) is 5.41 Å². The topological polar surface area (TPSA) is 103 Å². The first kappa shape index (κ1) is 17.8. The highest BCUT2D eigenvalue weighted by molar-refractivity contribution is 4.93. The van der Waals surface area contributed by atoms with E-state index in [-0.39, 0.29) is 13.0 Å². The quantitative estimate of drug-likeness (QED) is 0.790. The average Bonchev–Trinajstić information content (AvgIpc) is 2.53. The number of methoxy groups -OCH3 is 1. The number of hydrogen-bond donors (Lipinski definition) is 2. The summed E-state index contributed by atoms with van der Waals surface area (Å²) in [7, 11) is 1.37. The number of H-pyrrole nitrogens is 1. The Kier molecular flexibility index (Phi) is 5.69. The van der Waals surface area contributed by atoms with E-state index in [1.165, 1.54) is 23.9 Å². The summed E-state index contributed by atoms with van der Waals surface area (Å²) < 4.78 is 30.9. The first-order valence-corrected chi connectivity index (χ1v) is 7.24. The average molecular weight is 332 g/mol. The summed E-state index contributed by atoms with van der Waals surface area (Å²) in [5.74, 6) is 0. The molecule has 0 amide bonds. The van der Waals surface area contributed by atoms with Crippen molar-refractivity contribution in [3.05, 3.63) is 33.1 Å². The largest absolute Gasteiger partial charge is 0.396 e. The Morgan fingerprint density at radius 3 is 2.87 bits per heavy atom. The van der Waals surface area contributed by atoms with Crippen LogP contribution < -0.4 is 11.2 Å². The molecule has 1 aromatic heterocycles. The van der Waals surface area contributed by atoms with Gasteiger partial charge < -0.3 is 19.3 Å². The fourth-order valence-corrected chi connectivity index (χ4v) is 2.65. The maximum Gasteiger partial charge on any atom is 0.328 e. The van der Waals surface area contributed by atoms with Gasteiger partial charge in [0, 0.05) is 19.4 Å². The van der Waals surface area contributed by atoms with E-state index in [2.05, 4.69) is 4.98 Å². The maximum atomic E-state index is 13.7. The lowest BCUT2D eigenvalue weighted by molar-refractivity contribution is -0.321. The summed E-state index contributed by atoms with van der Waals surface area (Å²) in [5.41, 5.74) is -2.36. The molecule has 1 fully saturated rings. The molecule has 9 heteroatoms. The van der Waals surface area contributed by atoms with Crippen molar-refractivity contribution >= 4 is 0 Å². The number of aromatic nitrogens is 2. The summed E-state index contributed by atoms with van der Waals surface area (Å²) >= 11 is 0. The van der Waals surface area contributed by atoms with Gasteiger partial charge in [-0.2, -0.15) is 0 Å². The smallest absolute Gasteiger partial charge is 0.328 e. The Labute approximate surface area is 131 Å². The number of ether oxygens (including phenoxy) is 3. The second kappa shape index (κ2) is 7.35. The minimum atomic E-state index is -1.21. The van der Waals surface area contributed by atoms with Gasteiger partial charge in [-0.1, -0.05) is 0 Å². The normalized spacial score (nSPS) is 32.3. The van der Waals surface area contributed by atoms with Crippen LogP contribution in [0.25, 0.3) is 0 Å². The van der Waals surface area contributed by atoms with Crippen LogP contribution in [0, 0.1) is 5.41 Å². The Balaban J connectivity index is 2.41. The number of alkyl halides is 1. The molecule has 0 saturated carbocycles. The second-order valence-electron chi connectivity index (χ2n) is 5.67. The molecule has 2 unspecified atom stereocenters. The van der Waals surface area contributed by atoms with Crippen molar-refractivity contribution in [1.82, 2.24) is 9.55 Å². The number of halogens is 1. The minimum Gasteiger partial charge on any atom is -0.396 e. The number of aromatic amines is 1. The van der Waals surface area contributed by atoms with Crippen LogP contribution in [-0.4, -0.2) is 54.2 Å². The summed E-state index contributed by atoms with van der Waals surface area (Å²) in [6.45, 7) is -0.725. The van der Waals surface area contributed by atoms with Gasteiger partial charge in [-0.25, -0.2) is 4.79 Å². The minimum absolute atomic E-state index is 0.00106. The third-order valence-electron chi connectivity index (χ3n) is 4.26. The monoisotopic (exact) mass is 332 g/mol. The molecule has 1 aromatic rings. The van der Waals surface area contributed by atoms with Crippen LogP contribution >= 0.6 is 0 Å². The van der Waals surface area contributed by atoms with Gasteiger partial charge in [-0.05, 0) is 13.3 Å². The highest BCUT2D eigenvalue weighted by Gasteiger charge is 2.43. The van der Waals surface area contributed by atoms with E-state index < -0.39 is 48.6 Å². The number of rotatable bonds is 4. The Hall–Kier alpha value is -1.55. The molecule has 0 spiro atoms. The van der Waals surface area contributed by atoms with Crippen LogP contribution in [0.3, 0.4) is 0 Å². The molecule has 2 rings (SSSR count). The van der Waals surface area contributed by atoms with E-state index in [1.807, 2.05) is 0 Å². The molecule has 23 heavy (non-hydrogen) atoms. The van der Waals surface area contributed by atoms with Crippen molar-refractivity contribution in [3.63, 3.8) is 0 Å². The summed E-state index contributed by atoms with van der Waals surface area (Å²) in [5, 5.41) is 9.72. The van der Waals surface area contributed by atoms with Gasteiger partial charge in [0.25, 0.3) is 12.0 Å². The zero-order valence-electron chi connectivity index (χ0n) is 13.0. The Bertz CT molecular complexity index is 626. The van der Waals surface area contributed by atoms with Crippen LogP contribution in [0.15, 0.2) is 21.9 Å². The molecule has 0 aromatic carbocycles. The van der Waals surface area contributed by atoms with Gasteiger partial charge in [0.05, 0.1) is 37.4 Å². The van der Waals surface area contributed by atoms with Crippen LogP contribution in [0.5, 0.6) is 0 Å². The van der Waals surface area contributed by atoms with Crippen molar-refractivity contribution < 1.29 is 23.7 Å². The van der Waals surface area contributed by atoms with Crippen molar-refractivity contribution in [2.45, 2.75) is 32.0 Å². The van der Waals surface area contributed by atoms with Crippen molar-refractivity contribution in [2.75, 3.05) is 27.0 Å². The number of hydrogen-bond acceptors (Lipinski definition) is 6. The third kappa shape index (κ3) is 3.69. The predicted octanol–water partition coefficient (Wildman–Crippen LogP) is -0.219. The molecule has 4 atom stereocenters. The van der Waals surface area contributed by atoms with Gasteiger partial charge in [-0.15, -0.1) is 0 Å². The number of aliphatic hydroxyl groups excluding tert-OH is 1. The second-order valence-corrected chi connectivity index (χ2v) is 5.67. The van der Waals surface area contributed by atoms with Gasteiger partial charge in [0.15, 0.2) is 0 Å². The molecule has 1 saturated heterocycles. The molecular formula is C14H21FN2O6. The fraction of sp³-hybridized carbons (Fsp3) is 0.714. The first-order valence-electron chi connectivity index (χ1n) is 7.24. The van der Waals surface area contributed by atoms with Gasteiger partial charge >= 0.3 is 5.69 Å². The highest BCUT2D eigenvalue weighted by Crippen LogP contribution is 2.37. The van der Waals surface area contributed by atoms with Gasteiger partial charge in [0.1, 0.15) is 0 Å². The number of nitrogens with one attached hydrogen (secondary N) is 1. The molecule has 0 radical (unpaired) electrons. The van der Waals surface area contributed by atoms with Crippen LogP contribution in [0.2, 0.25) is 0 Å². The number of aliphatic hydroxyl groups is 1. The molecule has 2 heterocycles. The summed E-state index contributed by atoms with van der Waals surface area (Å²) in [4.78, 5) is 25.3.